The molecule has 0 amide bonds. The fourth-order valence-electron chi connectivity index (χ4n) is 1.86. The summed E-state index contributed by atoms with van der Waals surface area (Å²) in [6.45, 7) is -0.319. The van der Waals surface area contributed by atoms with Crippen molar-refractivity contribution in [1.29, 1.82) is 0 Å². The summed E-state index contributed by atoms with van der Waals surface area (Å²) < 4.78 is 34.5. The molecule has 0 aliphatic carbocycles. The molecular formula is C9H13FN3O6P. The fraction of sp³-hybridized carbons (Fsp3) is 0.556. The second-order valence-electron chi connectivity index (χ2n) is 4.24. The lowest BCUT2D eigenvalue weighted by molar-refractivity contribution is -0.0246. The summed E-state index contributed by atoms with van der Waals surface area (Å²) in [5.74, 6) is -1.34. The first-order valence-corrected chi connectivity index (χ1v) is 7.19. The molecule has 1 fully saturated rings. The molecule has 2 heterocycles. The SMILES string of the molecule is Nc1nc(=O)n([C@@H]2CC[C@H](COP(=O)(O)O)O2)cc1F. The molecule has 0 spiro atoms. The Labute approximate surface area is 112 Å². The molecule has 20 heavy (non-hydrogen) atoms. The Balaban J connectivity index is 2.05. The van der Waals surface area contributed by atoms with Gasteiger partial charge in [0.2, 0.25) is 0 Å². The van der Waals surface area contributed by atoms with Crippen molar-refractivity contribution in [3.8, 4) is 0 Å². The third-order valence-corrected chi connectivity index (χ3v) is 3.24. The molecule has 1 aromatic heterocycles. The zero-order valence-electron chi connectivity index (χ0n) is 10.2. The molecule has 11 heteroatoms. The van der Waals surface area contributed by atoms with E-state index in [9.17, 15) is 13.8 Å². The first-order chi connectivity index (χ1) is 9.26. The van der Waals surface area contributed by atoms with Crippen LogP contribution < -0.4 is 11.4 Å². The number of nitrogens with zero attached hydrogens (tertiary/aromatic N) is 2. The molecule has 112 valence electrons. The van der Waals surface area contributed by atoms with Crippen molar-refractivity contribution in [3.05, 3.63) is 22.5 Å². The summed E-state index contributed by atoms with van der Waals surface area (Å²) in [6.07, 6.45) is 0.292. The van der Waals surface area contributed by atoms with E-state index in [1.807, 2.05) is 0 Å². The van der Waals surface area contributed by atoms with Gasteiger partial charge in [-0.25, -0.2) is 13.8 Å². The number of aromatic nitrogens is 2. The third-order valence-electron chi connectivity index (χ3n) is 2.76. The molecule has 0 radical (unpaired) electrons. The molecule has 0 unspecified atom stereocenters. The van der Waals surface area contributed by atoms with Gasteiger partial charge in [0.05, 0.1) is 18.9 Å². The summed E-state index contributed by atoms with van der Waals surface area (Å²) in [4.78, 5) is 32.0. The number of phosphoric ester groups is 1. The predicted octanol–water partition coefficient (Wildman–Crippen LogP) is -0.249. The van der Waals surface area contributed by atoms with Gasteiger partial charge in [-0.2, -0.15) is 4.98 Å². The van der Waals surface area contributed by atoms with Crippen LogP contribution in [0.25, 0.3) is 0 Å². The lowest BCUT2D eigenvalue weighted by Crippen LogP contribution is -2.29. The van der Waals surface area contributed by atoms with E-state index in [2.05, 4.69) is 9.51 Å². The zero-order chi connectivity index (χ0) is 14.9. The second-order valence-corrected chi connectivity index (χ2v) is 5.48. The van der Waals surface area contributed by atoms with Crippen LogP contribution in [0.3, 0.4) is 0 Å². The summed E-state index contributed by atoms with van der Waals surface area (Å²) >= 11 is 0. The molecule has 2 atom stereocenters. The second kappa shape index (κ2) is 5.58. The average Bonchev–Trinajstić information content (AvgIpc) is 2.79. The number of ether oxygens (including phenoxy) is 1. The van der Waals surface area contributed by atoms with Crippen molar-refractivity contribution in [2.24, 2.45) is 0 Å². The smallest absolute Gasteiger partial charge is 0.381 e. The molecule has 2 rings (SSSR count). The summed E-state index contributed by atoms with van der Waals surface area (Å²) in [7, 11) is -4.57. The highest BCUT2D eigenvalue weighted by Gasteiger charge is 2.30. The summed E-state index contributed by atoms with van der Waals surface area (Å²) in [5, 5.41) is 0. The van der Waals surface area contributed by atoms with Gasteiger partial charge in [0, 0.05) is 0 Å². The van der Waals surface area contributed by atoms with Gasteiger partial charge in [-0.1, -0.05) is 0 Å². The predicted molar refractivity (Wildman–Crippen MR) is 64.0 cm³/mol. The number of hydrogen-bond acceptors (Lipinski definition) is 6. The Bertz CT molecular complexity index is 602. The van der Waals surface area contributed by atoms with Gasteiger partial charge in [-0.05, 0) is 12.8 Å². The Kier molecular flexibility index (Phi) is 4.21. The highest BCUT2D eigenvalue weighted by Crippen LogP contribution is 2.37. The number of hydrogen-bond donors (Lipinski definition) is 3. The van der Waals surface area contributed by atoms with Crippen LogP contribution in [0.5, 0.6) is 0 Å². The summed E-state index contributed by atoms with van der Waals surface area (Å²) in [5.41, 5.74) is 4.41. The van der Waals surface area contributed by atoms with Crippen LogP contribution in [0.4, 0.5) is 10.2 Å². The Morgan fingerprint density at radius 1 is 1.60 bits per heavy atom. The van der Waals surface area contributed by atoms with Crippen LogP contribution in [0, 0.1) is 5.82 Å². The zero-order valence-corrected chi connectivity index (χ0v) is 11.1. The molecule has 1 aromatic rings. The van der Waals surface area contributed by atoms with Gasteiger partial charge >= 0.3 is 13.5 Å². The molecular weight excluding hydrogens is 296 g/mol. The minimum atomic E-state index is -4.57. The number of phosphoric acid groups is 1. The van der Waals surface area contributed by atoms with E-state index < -0.39 is 37.5 Å². The van der Waals surface area contributed by atoms with Crippen LogP contribution >= 0.6 is 7.82 Å². The van der Waals surface area contributed by atoms with Crippen molar-refractivity contribution in [2.45, 2.75) is 25.2 Å². The van der Waals surface area contributed by atoms with E-state index in [0.717, 1.165) is 10.8 Å². The molecule has 1 aliphatic heterocycles. The fourth-order valence-corrected chi connectivity index (χ4v) is 2.22. The Morgan fingerprint density at radius 3 is 2.95 bits per heavy atom. The van der Waals surface area contributed by atoms with Crippen LogP contribution in [-0.4, -0.2) is 32.0 Å². The Morgan fingerprint density at radius 2 is 2.30 bits per heavy atom. The highest BCUT2D eigenvalue weighted by molar-refractivity contribution is 7.46. The molecule has 1 aliphatic rings. The van der Waals surface area contributed by atoms with Gasteiger partial charge in [-0.15, -0.1) is 0 Å². The van der Waals surface area contributed by atoms with Crippen LogP contribution in [0.1, 0.15) is 19.1 Å². The largest absolute Gasteiger partial charge is 0.469 e. The van der Waals surface area contributed by atoms with Crippen LogP contribution in [0.15, 0.2) is 11.0 Å². The number of rotatable bonds is 4. The van der Waals surface area contributed by atoms with Crippen LogP contribution in [-0.2, 0) is 13.8 Å². The van der Waals surface area contributed by atoms with Gasteiger partial charge in [0.1, 0.15) is 6.23 Å². The monoisotopic (exact) mass is 309 g/mol. The number of nitrogen functional groups attached to an aromatic ring is 1. The first-order valence-electron chi connectivity index (χ1n) is 5.66. The maximum Gasteiger partial charge on any atom is 0.469 e. The maximum absolute atomic E-state index is 13.3. The standard InChI is InChI=1S/C9H13FN3O6P/c10-6-3-13(9(14)12-8(6)11)7-2-1-5(19-7)4-18-20(15,16)17/h3,5,7H,1-2,4H2,(H2,11,12,14)(H2,15,16,17)/t5-,7+/m1/s1. The number of anilines is 1. The van der Waals surface area contributed by atoms with Crippen LogP contribution in [0.2, 0.25) is 0 Å². The molecule has 4 N–H and O–H groups in total. The van der Waals surface area contributed by atoms with E-state index in [0.29, 0.717) is 12.8 Å². The van der Waals surface area contributed by atoms with Gasteiger partial charge < -0.3 is 20.3 Å². The lowest BCUT2D eigenvalue weighted by Gasteiger charge is -2.16. The maximum atomic E-state index is 13.3. The van der Waals surface area contributed by atoms with Gasteiger partial charge in [-0.3, -0.25) is 9.09 Å². The number of halogens is 1. The van der Waals surface area contributed by atoms with E-state index in [1.165, 1.54) is 0 Å². The van der Waals surface area contributed by atoms with E-state index in [-0.39, 0.29) is 6.61 Å². The lowest BCUT2D eigenvalue weighted by atomic mass is 10.2. The molecule has 0 saturated carbocycles. The highest BCUT2D eigenvalue weighted by atomic mass is 31.2. The third kappa shape index (κ3) is 3.62. The topological polar surface area (TPSA) is 137 Å². The van der Waals surface area contributed by atoms with E-state index in [4.69, 9.17) is 20.3 Å². The van der Waals surface area contributed by atoms with Gasteiger partial charge in [0.25, 0.3) is 0 Å². The van der Waals surface area contributed by atoms with E-state index >= 15 is 0 Å². The number of nitrogens with two attached hydrogens (primary N) is 1. The molecule has 0 bridgehead atoms. The Hall–Kier alpha value is -1.32. The van der Waals surface area contributed by atoms with Crippen molar-refractivity contribution < 1.29 is 28.0 Å². The molecule has 0 aromatic carbocycles. The first kappa shape index (κ1) is 15.1. The van der Waals surface area contributed by atoms with Crippen molar-refractivity contribution in [1.82, 2.24) is 9.55 Å². The van der Waals surface area contributed by atoms with Gasteiger partial charge in [0.15, 0.2) is 11.6 Å². The normalized spacial score (nSPS) is 23.1. The van der Waals surface area contributed by atoms with Crippen molar-refractivity contribution >= 4 is 13.6 Å². The van der Waals surface area contributed by atoms with E-state index in [1.54, 1.807) is 0 Å². The van der Waals surface area contributed by atoms with Crippen molar-refractivity contribution in [3.63, 3.8) is 0 Å². The average molecular weight is 309 g/mol. The quantitative estimate of drug-likeness (QED) is 0.648. The summed E-state index contributed by atoms with van der Waals surface area (Å²) in [6, 6.07) is 0. The minimum Gasteiger partial charge on any atom is -0.381 e. The van der Waals surface area contributed by atoms with Crippen molar-refractivity contribution in [2.75, 3.05) is 12.3 Å². The molecule has 9 nitrogen and oxygen atoms in total. The molecule has 1 saturated heterocycles. The minimum absolute atomic E-state index is 0.319.